The monoisotopic (exact) mass is 414 g/mol. The molecule has 2 heterocycles. The maximum absolute atomic E-state index is 11.9. The Morgan fingerprint density at radius 1 is 1.06 bits per heavy atom. The second kappa shape index (κ2) is 8.31. The summed E-state index contributed by atoms with van der Waals surface area (Å²) >= 11 is 0. The number of nitrogens with zero attached hydrogens (tertiary/aromatic N) is 3. The highest BCUT2D eigenvalue weighted by Crippen LogP contribution is 2.37. The molecule has 0 saturated heterocycles. The van der Waals surface area contributed by atoms with Crippen LogP contribution in [-0.4, -0.2) is 33.0 Å². The summed E-state index contributed by atoms with van der Waals surface area (Å²) in [5.74, 6) is 0.0945. The minimum absolute atomic E-state index is 0.107. The molecule has 0 atom stereocenters. The molecule has 7 nitrogen and oxygen atoms in total. The zero-order valence-electron chi connectivity index (χ0n) is 17.5. The Kier molecular flexibility index (Phi) is 5.41. The summed E-state index contributed by atoms with van der Waals surface area (Å²) in [4.78, 5) is 16.0. The highest BCUT2D eigenvalue weighted by molar-refractivity contribution is 5.96. The first-order valence-corrected chi connectivity index (χ1v) is 9.74. The number of aryl methyl sites for hydroxylation is 2. The fourth-order valence-electron chi connectivity index (χ4n) is 3.55. The highest BCUT2D eigenvalue weighted by Gasteiger charge is 2.21. The molecule has 0 saturated carbocycles. The number of ether oxygens (including phenoxy) is 1. The maximum Gasteiger partial charge on any atom is 0.337 e. The molecule has 0 aliphatic rings. The lowest BCUT2D eigenvalue weighted by atomic mass is 10.1. The molecule has 0 radical (unpaired) electrons. The van der Waals surface area contributed by atoms with Crippen LogP contribution in [0.1, 0.15) is 21.6 Å². The Hall–Kier alpha value is -4.13. The number of carboxylic acid groups (broad SMARTS) is 1. The van der Waals surface area contributed by atoms with Crippen molar-refractivity contribution in [2.24, 2.45) is 0 Å². The number of pyridine rings is 1. The summed E-state index contributed by atoms with van der Waals surface area (Å²) in [6.45, 7) is 3.94. The van der Waals surface area contributed by atoms with Crippen LogP contribution in [0.25, 0.3) is 16.8 Å². The number of nitrogens with one attached hydrogen (secondary N) is 1. The smallest absolute Gasteiger partial charge is 0.337 e. The third kappa shape index (κ3) is 3.85. The number of hydrogen-bond donors (Lipinski definition) is 2. The third-order valence-corrected chi connectivity index (χ3v) is 5.08. The average molecular weight is 414 g/mol. The Balaban J connectivity index is 1.94. The van der Waals surface area contributed by atoms with Gasteiger partial charge in [0.05, 0.1) is 29.7 Å². The molecule has 156 valence electrons. The van der Waals surface area contributed by atoms with E-state index < -0.39 is 5.97 Å². The summed E-state index contributed by atoms with van der Waals surface area (Å²) in [7, 11) is 1.51. The lowest BCUT2D eigenvalue weighted by molar-refractivity contribution is 0.0697. The maximum atomic E-state index is 11.9. The molecule has 2 aromatic carbocycles. The molecule has 0 bridgehead atoms. The quantitative estimate of drug-likeness (QED) is 0.461. The van der Waals surface area contributed by atoms with Gasteiger partial charge in [-0.05, 0) is 61.4 Å². The van der Waals surface area contributed by atoms with Crippen molar-refractivity contribution in [1.82, 2.24) is 14.8 Å². The Morgan fingerprint density at radius 3 is 2.48 bits per heavy atom. The van der Waals surface area contributed by atoms with Crippen LogP contribution in [0.5, 0.6) is 5.75 Å². The molecule has 7 heteroatoms. The fraction of sp³-hybridized carbons (Fsp3) is 0.125. The van der Waals surface area contributed by atoms with Crippen molar-refractivity contribution < 1.29 is 14.6 Å². The lowest BCUT2D eigenvalue weighted by Gasteiger charge is -2.16. The number of methoxy groups -OCH3 is 1. The van der Waals surface area contributed by atoms with Crippen LogP contribution in [0.4, 0.5) is 11.5 Å². The van der Waals surface area contributed by atoms with E-state index in [0.717, 1.165) is 28.1 Å². The number of anilines is 2. The van der Waals surface area contributed by atoms with Gasteiger partial charge in [0.1, 0.15) is 11.6 Å². The van der Waals surface area contributed by atoms with Crippen molar-refractivity contribution in [3.05, 3.63) is 83.8 Å². The summed E-state index contributed by atoms with van der Waals surface area (Å²) in [5, 5.41) is 17.9. The first-order chi connectivity index (χ1) is 15.0. The van der Waals surface area contributed by atoms with Crippen molar-refractivity contribution in [3.8, 4) is 22.6 Å². The molecule has 31 heavy (non-hydrogen) atoms. The number of benzene rings is 2. The zero-order chi connectivity index (χ0) is 22.0. The second-order valence-electron chi connectivity index (χ2n) is 7.08. The summed E-state index contributed by atoms with van der Waals surface area (Å²) in [6.07, 6.45) is 3.44. The van der Waals surface area contributed by atoms with Crippen LogP contribution in [-0.2, 0) is 0 Å². The number of carbonyl (C=O) groups is 1. The fourth-order valence-corrected chi connectivity index (χ4v) is 3.55. The molecule has 4 rings (SSSR count). The molecule has 0 fully saturated rings. The van der Waals surface area contributed by atoms with Crippen LogP contribution < -0.4 is 10.1 Å². The van der Waals surface area contributed by atoms with Crippen LogP contribution in [0.2, 0.25) is 0 Å². The van der Waals surface area contributed by atoms with Crippen LogP contribution >= 0.6 is 0 Å². The van der Waals surface area contributed by atoms with E-state index in [1.165, 1.54) is 13.2 Å². The molecule has 0 spiro atoms. The molecule has 2 aromatic heterocycles. The molecular weight excluding hydrogens is 392 g/mol. The topological polar surface area (TPSA) is 89.3 Å². The van der Waals surface area contributed by atoms with Gasteiger partial charge in [0.25, 0.3) is 0 Å². The van der Waals surface area contributed by atoms with Gasteiger partial charge in [-0.2, -0.15) is 5.10 Å². The molecular formula is C24H22N4O3. The van der Waals surface area contributed by atoms with Crippen molar-refractivity contribution in [1.29, 1.82) is 0 Å². The van der Waals surface area contributed by atoms with E-state index in [4.69, 9.17) is 9.84 Å². The van der Waals surface area contributed by atoms with Crippen molar-refractivity contribution in [3.63, 3.8) is 0 Å². The highest BCUT2D eigenvalue weighted by atomic mass is 16.5. The van der Waals surface area contributed by atoms with Gasteiger partial charge in [0, 0.05) is 18.0 Å². The molecule has 0 aliphatic heterocycles. The van der Waals surface area contributed by atoms with Gasteiger partial charge in [-0.1, -0.05) is 18.2 Å². The number of aromatic carboxylic acids is 1. The summed E-state index contributed by atoms with van der Waals surface area (Å²) < 4.78 is 7.02. The SMILES string of the molecule is COc1ccc(Nc2c(-c3ccncc3)c(C)nn2-c2ccccc2C)c(C(=O)O)c1. The van der Waals surface area contributed by atoms with Crippen molar-refractivity contribution >= 4 is 17.5 Å². The van der Waals surface area contributed by atoms with E-state index in [1.807, 2.05) is 54.9 Å². The van der Waals surface area contributed by atoms with E-state index in [-0.39, 0.29) is 5.56 Å². The Morgan fingerprint density at radius 2 is 1.81 bits per heavy atom. The van der Waals surface area contributed by atoms with E-state index in [1.54, 1.807) is 24.5 Å². The van der Waals surface area contributed by atoms with E-state index in [2.05, 4.69) is 10.3 Å². The van der Waals surface area contributed by atoms with Crippen LogP contribution in [0.15, 0.2) is 67.0 Å². The third-order valence-electron chi connectivity index (χ3n) is 5.08. The second-order valence-corrected chi connectivity index (χ2v) is 7.08. The minimum Gasteiger partial charge on any atom is -0.497 e. The number of aromatic nitrogens is 3. The van der Waals surface area contributed by atoms with E-state index >= 15 is 0 Å². The number of rotatable bonds is 6. The number of carboxylic acids is 1. The van der Waals surface area contributed by atoms with Gasteiger partial charge in [-0.3, -0.25) is 4.98 Å². The van der Waals surface area contributed by atoms with Gasteiger partial charge < -0.3 is 15.2 Å². The number of para-hydroxylation sites is 1. The van der Waals surface area contributed by atoms with Crippen molar-refractivity contribution in [2.75, 3.05) is 12.4 Å². The number of hydrogen-bond acceptors (Lipinski definition) is 5. The normalized spacial score (nSPS) is 10.7. The standard InChI is InChI=1S/C24H22N4O3/c1-15-6-4-5-7-21(15)28-23(22(16(2)27-28)17-10-12-25-13-11-17)26-20-9-8-18(31-3)14-19(20)24(29)30/h4-14,26H,1-3H3,(H,29,30). The first-order valence-electron chi connectivity index (χ1n) is 9.74. The van der Waals surface area contributed by atoms with E-state index in [0.29, 0.717) is 17.3 Å². The van der Waals surface area contributed by atoms with Crippen molar-refractivity contribution in [2.45, 2.75) is 13.8 Å². The summed E-state index contributed by atoms with van der Waals surface area (Å²) in [5.41, 5.74) is 5.11. The van der Waals surface area contributed by atoms with Crippen LogP contribution in [0.3, 0.4) is 0 Å². The minimum atomic E-state index is -1.05. The Bertz CT molecular complexity index is 1250. The Labute approximate surface area is 180 Å². The average Bonchev–Trinajstić information content (AvgIpc) is 3.10. The predicted octanol–water partition coefficient (Wildman–Crippen LogP) is 5.00. The molecule has 2 N–H and O–H groups in total. The van der Waals surface area contributed by atoms with E-state index in [9.17, 15) is 9.90 Å². The predicted molar refractivity (Wildman–Crippen MR) is 120 cm³/mol. The molecule has 0 aliphatic carbocycles. The van der Waals surface area contributed by atoms with Crippen LogP contribution in [0, 0.1) is 13.8 Å². The molecule has 0 amide bonds. The first kappa shape index (κ1) is 20.2. The zero-order valence-corrected chi connectivity index (χ0v) is 17.5. The van der Waals surface area contributed by atoms with Gasteiger partial charge in [-0.25, -0.2) is 9.48 Å². The van der Waals surface area contributed by atoms with Gasteiger partial charge in [0.2, 0.25) is 0 Å². The lowest BCUT2D eigenvalue weighted by Crippen LogP contribution is -2.08. The molecule has 4 aromatic rings. The van der Waals surface area contributed by atoms with Gasteiger partial charge in [-0.15, -0.1) is 0 Å². The van der Waals surface area contributed by atoms with Gasteiger partial charge >= 0.3 is 5.97 Å². The largest absolute Gasteiger partial charge is 0.497 e. The summed E-state index contributed by atoms with van der Waals surface area (Å²) in [6, 6.07) is 16.6. The van der Waals surface area contributed by atoms with Gasteiger partial charge in [0.15, 0.2) is 0 Å². The molecule has 0 unspecified atom stereocenters.